The number of methoxy groups -OCH3 is 1. The van der Waals surface area contributed by atoms with Gasteiger partial charge in [-0.1, -0.05) is 18.2 Å². The van der Waals surface area contributed by atoms with Gasteiger partial charge in [0.15, 0.2) is 0 Å². The summed E-state index contributed by atoms with van der Waals surface area (Å²) < 4.78 is 58.3. The third-order valence-electron chi connectivity index (χ3n) is 3.00. The number of nitrogens with two attached hydrogens (primary N) is 1. The van der Waals surface area contributed by atoms with E-state index in [1.165, 1.54) is 49.6 Å². The van der Waals surface area contributed by atoms with Crippen molar-refractivity contribution in [3.63, 3.8) is 0 Å². The molecule has 0 unspecified atom stereocenters. The van der Waals surface area contributed by atoms with Crippen molar-refractivity contribution in [2.75, 3.05) is 7.11 Å². The molecule has 0 saturated carbocycles. The van der Waals surface area contributed by atoms with E-state index in [1.54, 1.807) is 0 Å². The fourth-order valence-corrected chi connectivity index (χ4v) is 2.00. The number of benzene rings is 2. The predicted octanol–water partition coefficient (Wildman–Crippen LogP) is 4.20. The van der Waals surface area contributed by atoms with Crippen LogP contribution >= 0.6 is 12.4 Å². The van der Waals surface area contributed by atoms with Crippen molar-refractivity contribution in [1.29, 1.82) is 0 Å². The van der Waals surface area contributed by atoms with Crippen molar-refractivity contribution < 1.29 is 27.0 Å². The van der Waals surface area contributed by atoms with E-state index in [-0.39, 0.29) is 23.9 Å². The van der Waals surface area contributed by atoms with Gasteiger partial charge in [-0.3, -0.25) is 0 Å². The van der Waals surface area contributed by atoms with Crippen LogP contribution in [0.2, 0.25) is 0 Å². The van der Waals surface area contributed by atoms with Crippen LogP contribution in [0.3, 0.4) is 0 Å². The first kappa shape index (κ1) is 19.1. The smallest absolute Gasteiger partial charge is 0.496 e. The molecule has 0 heterocycles. The van der Waals surface area contributed by atoms with Crippen LogP contribution in [0.25, 0.3) is 0 Å². The monoisotopic (exact) mass is 351 g/mol. The lowest BCUT2D eigenvalue weighted by Gasteiger charge is -2.17. The molecule has 0 spiro atoms. The van der Waals surface area contributed by atoms with Gasteiger partial charge in [0.25, 0.3) is 0 Å². The minimum absolute atomic E-state index is 0. The van der Waals surface area contributed by atoms with Crippen molar-refractivity contribution >= 4 is 12.4 Å². The molecule has 2 aromatic rings. The fourth-order valence-electron chi connectivity index (χ4n) is 2.00. The number of ether oxygens (including phenoxy) is 2. The minimum Gasteiger partial charge on any atom is -0.496 e. The molecule has 23 heavy (non-hydrogen) atoms. The fraction of sp³-hybridized carbons (Fsp3) is 0.200. The molecule has 2 N–H and O–H groups in total. The maximum Gasteiger partial charge on any atom is 0.573 e. The molecule has 0 aromatic heterocycles. The highest BCUT2D eigenvalue weighted by molar-refractivity contribution is 5.85. The van der Waals surface area contributed by atoms with Crippen LogP contribution in [0.4, 0.5) is 17.6 Å². The third kappa shape index (κ3) is 5.01. The van der Waals surface area contributed by atoms with Gasteiger partial charge in [-0.25, -0.2) is 4.39 Å². The number of alkyl halides is 3. The quantitative estimate of drug-likeness (QED) is 0.839. The summed E-state index contributed by atoms with van der Waals surface area (Å²) in [6.45, 7) is 0. The predicted molar refractivity (Wildman–Crippen MR) is 79.4 cm³/mol. The van der Waals surface area contributed by atoms with Crippen molar-refractivity contribution in [3.8, 4) is 11.5 Å². The van der Waals surface area contributed by atoms with Gasteiger partial charge in [-0.05, 0) is 23.8 Å². The highest BCUT2D eigenvalue weighted by atomic mass is 35.5. The third-order valence-corrected chi connectivity index (χ3v) is 3.00. The second-order valence-corrected chi connectivity index (χ2v) is 4.48. The standard InChI is InChI=1S/C15H13F4NO2.ClH/c1-21-13-8-10(16)4-7-12(13)14(20)9-2-5-11(6-3-9)22-15(17,18)19;/h2-8,14H,20H2,1H3;1H/t14-;/m0./s1. The molecule has 0 aliphatic heterocycles. The number of halogens is 5. The van der Waals surface area contributed by atoms with Gasteiger partial charge in [-0.2, -0.15) is 0 Å². The molecular weight excluding hydrogens is 338 g/mol. The summed E-state index contributed by atoms with van der Waals surface area (Å²) in [6, 6.07) is 8.38. The van der Waals surface area contributed by atoms with E-state index in [0.29, 0.717) is 11.1 Å². The topological polar surface area (TPSA) is 44.5 Å². The number of rotatable bonds is 4. The molecule has 0 amide bonds. The van der Waals surface area contributed by atoms with E-state index in [9.17, 15) is 17.6 Å². The summed E-state index contributed by atoms with van der Waals surface area (Å²) in [5, 5.41) is 0. The Morgan fingerprint density at radius 3 is 2.17 bits per heavy atom. The molecule has 2 aromatic carbocycles. The summed E-state index contributed by atoms with van der Waals surface area (Å²) in [4.78, 5) is 0. The molecular formula is C15H14ClF4NO2. The van der Waals surface area contributed by atoms with Crippen LogP contribution in [0.15, 0.2) is 42.5 Å². The minimum atomic E-state index is -4.75. The first-order chi connectivity index (χ1) is 10.3. The first-order valence-electron chi connectivity index (χ1n) is 6.25. The molecule has 3 nitrogen and oxygen atoms in total. The van der Waals surface area contributed by atoms with Crippen molar-refractivity contribution in [3.05, 3.63) is 59.4 Å². The van der Waals surface area contributed by atoms with Gasteiger partial charge in [-0.15, -0.1) is 25.6 Å². The van der Waals surface area contributed by atoms with Crippen molar-refractivity contribution in [1.82, 2.24) is 0 Å². The van der Waals surface area contributed by atoms with Gasteiger partial charge in [0.05, 0.1) is 13.2 Å². The zero-order valence-electron chi connectivity index (χ0n) is 11.9. The molecule has 0 radical (unpaired) electrons. The summed E-state index contributed by atoms with van der Waals surface area (Å²) in [5.74, 6) is -0.542. The van der Waals surface area contributed by atoms with Crippen LogP contribution < -0.4 is 15.2 Å². The summed E-state index contributed by atoms with van der Waals surface area (Å²) in [6.07, 6.45) is -4.75. The Morgan fingerprint density at radius 1 is 1.04 bits per heavy atom. The molecule has 0 saturated heterocycles. The summed E-state index contributed by atoms with van der Waals surface area (Å²) in [7, 11) is 1.38. The van der Waals surface area contributed by atoms with Crippen molar-refractivity contribution in [2.24, 2.45) is 5.73 Å². The maximum absolute atomic E-state index is 13.2. The van der Waals surface area contributed by atoms with Crippen LogP contribution in [0.5, 0.6) is 11.5 Å². The lowest BCUT2D eigenvalue weighted by atomic mass is 9.98. The van der Waals surface area contributed by atoms with E-state index in [1.807, 2.05) is 0 Å². The average Bonchev–Trinajstić information content (AvgIpc) is 2.45. The Morgan fingerprint density at radius 2 is 1.65 bits per heavy atom. The summed E-state index contributed by atoms with van der Waals surface area (Å²) >= 11 is 0. The van der Waals surface area contributed by atoms with Gasteiger partial charge in [0, 0.05) is 11.6 Å². The second-order valence-electron chi connectivity index (χ2n) is 4.48. The zero-order chi connectivity index (χ0) is 16.3. The highest BCUT2D eigenvalue weighted by Gasteiger charge is 2.31. The number of hydrogen-bond donors (Lipinski definition) is 1. The average molecular weight is 352 g/mol. The zero-order valence-corrected chi connectivity index (χ0v) is 12.7. The van der Waals surface area contributed by atoms with E-state index in [4.69, 9.17) is 10.5 Å². The normalized spacial score (nSPS) is 12.3. The highest BCUT2D eigenvalue weighted by Crippen LogP contribution is 2.30. The largest absolute Gasteiger partial charge is 0.573 e. The van der Waals surface area contributed by atoms with Crippen LogP contribution in [-0.4, -0.2) is 13.5 Å². The molecule has 0 aliphatic rings. The van der Waals surface area contributed by atoms with Gasteiger partial charge >= 0.3 is 6.36 Å². The van der Waals surface area contributed by atoms with Crippen LogP contribution in [0.1, 0.15) is 17.2 Å². The van der Waals surface area contributed by atoms with Crippen molar-refractivity contribution in [2.45, 2.75) is 12.4 Å². The SMILES string of the molecule is COc1cc(F)ccc1[C@@H](N)c1ccc(OC(F)(F)F)cc1.Cl. The Balaban J connectivity index is 0.00000264. The van der Waals surface area contributed by atoms with Crippen LogP contribution in [-0.2, 0) is 0 Å². The molecule has 1 atom stereocenters. The van der Waals surface area contributed by atoms with Gasteiger partial charge in [0.1, 0.15) is 17.3 Å². The Bertz CT molecular complexity index is 647. The van der Waals surface area contributed by atoms with Gasteiger partial charge in [0.2, 0.25) is 0 Å². The molecule has 0 bridgehead atoms. The Kier molecular flexibility index (Phi) is 6.23. The molecule has 2 rings (SSSR count). The van der Waals surface area contributed by atoms with E-state index < -0.39 is 18.2 Å². The Hall–Kier alpha value is -1.99. The van der Waals surface area contributed by atoms with E-state index in [2.05, 4.69) is 4.74 Å². The van der Waals surface area contributed by atoms with Crippen LogP contribution in [0, 0.1) is 5.82 Å². The lowest BCUT2D eigenvalue weighted by molar-refractivity contribution is -0.274. The molecule has 0 fully saturated rings. The van der Waals surface area contributed by atoms with E-state index in [0.717, 1.165) is 0 Å². The number of hydrogen-bond acceptors (Lipinski definition) is 3. The molecule has 0 aliphatic carbocycles. The van der Waals surface area contributed by atoms with E-state index >= 15 is 0 Å². The first-order valence-corrected chi connectivity index (χ1v) is 6.25. The lowest BCUT2D eigenvalue weighted by Crippen LogP contribution is -2.17. The summed E-state index contributed by atoms with van der Waals surface area (Å²) in [5.41, 5.74) is 7.12. The second kappa shape index (κ2) is 7.52. The maximum atomic E-state index is 13.2. The Labute approximate surface area is 136 Å². The van der Waals surface area contributed by atoms with Gasteiger partial charge < -0.3 is 15.2 Å². The molecule has 8 heteroatoms. The molecule has 126 valence electrons.